The highest BCUT2D eigenvalue weighted by atomic mass is 16.5. The molecule has 0 saturated carbocycles. The van der Waals surface area contributed by atoms with Crippen molar-refractivity contribution < 1.29 is 34.1 Å². The molecule has 0 unspecified atom stereocenters. The normalized spacial score (nSPS) is 10.8. The Labute approximate surface area is 208 Å². The van der Waals surface area contributed by atoms with Gasteiger partial charge in [0.05, 0.1) is 13.2 Å². The molecule has 0 amide bonds. The fourth-order valence-electron chi connectivity index (χ4n) is 3.08. The van der Waals surface area contributed by atoms with Crippen LogP contribution in [0.3, 0.4) is 0 Å². The van der Waals surface area contributed by atoms with Gasteiger partial charge >= 0.3 is 17.9 Å². The van der Waals surface area contributed by atoms with E-state index in [2.05, 4.69) is 29.1 Å². The second-order valence-corrected chi connectivity index (χ2v) is 7.73. The predicted octanol–water partition coefficient (Wildman–Crippen LogP) is 2.70. The summed E-state index contributed by atoms with van der Waals surface area (Å²) < 4.78 is 12.4. The smallest absolute Gasteiger partial charge is 0.328 e. The molecular weight excluding hydrogens is 468 g/mol. The summed E-state index contributed by atoms with van der Waals surface area (Å²) in [7, 11) is 4.10. The number of ether oxygens (including phenoxy) is 2. The third-order valence-electron chi connectivity index (χ3n) is 4.61. The third-order valence-corrected chi connectivity index (χ3v) is 4.61. The summed E-state index contributed by atoms with van der Waals surface area (Å²) in [6, 6.07) is 11.7. The molecule has 1 aromatic carbocycles. The fraction of sp³-hybridized carbons (Fsp3) is 0.320. The number of pyridine rings is 1. The zero-order chi connectivity index (χ0) is 26.5. The molecule has 0 fully saturated rings. The number of hydrogen-bond donors (Lipinski definition) is 2. The fourth-order valence-corrected chi connectivity index (χ4v) is 3.08. The van der Waals surface area contributed by atoms with Crippen LogP contribution in [0, 0.1) is 0 Å². The molecule has 0 atom stereocenters. The Morgan fingerprint density at radius 2 is 1.72 bits per heavy atom. The minimum Gasteiger partial charge on any atom is -0.494 e. The second-order valence-electron chi connectivity index (χ2n) is 7.73. The number of benzene rings is 1. The van der Waals surface area contributed by atoms with Crippen LogP contribution in [0.4, 0.5) is 0 Å². The third kappa shape index (κ3) is 9.18. The molecule has 11 heteroatoms. The molecule has 2 N–H and O–H groups in total. The van der Waals surface area contributed by atoms with Crippen LogP contribution in [-0.4, -0.2) is 81.6 Å². The van der Waals surface area contributed by atoms with E-state index < -0.39 is 11.9 Å². The number of aliphatic carboxylic acids is 2. The average molecular weight is 499 g/mol. The van der Waals surface area contributed by atoms with Gasteiger partial charge in [0.15, 0.2) is 5.65 Å². The van der Waals surface area contributed by atoms with Crippen LogP contribution in [0.15, 0.2) is 54.7 Å². The van der Waals surface area contributed by atoms with E-state index >= 15 is 0 Å². The van der Waals surface area contributed by atoms with Crippen molar-refractivity contribution in [2.24, 2.45) is 0 Å². The minimum absolute atomic E-state index is 0.0361. The number of carboxylic acids is 2. The van der Waals surface area contributed by atoms with E-state index in [9.17, 15) is 14.4 Å². The summed E-state index contributed by atoms with van der Waals surface area (Å²) in [5, 5.41) is 21.1. The van der Waals surface area contributed by atoms with Crippen molar-refractivity contribution in [2.45, 2.75) is 19.9 Å². The standard InChI is InChI=1S/C21H26N4O3.C4H4O4/c1-4-27-19(26)15-25-21-18(7-5-12-22-21)20(23-25)16-8-10-17(11-9-16)28-14-6-13-24(2)3;5-3(6)1-2-4(7)8/h5,7-12H,4,6,13-15H2,1-3H3;1-2H,(H,5,6)(H,7,8)/b;2-1-. The number of rotatable bonds is 11. The number of carboxylic acid groups (broad SMARTS) is 2. The Bertz CT molecular complexity index is 1170. The molecule has 0 spiro atoms. The van der Waals surface area contributed by atoms with Gasteiger partial charge in [0, 0.05) is 35.8 Å². The maximum atomic E-state index is 11.9. The highest BCUT2D eigenvalue weighted by Gasteiger charge is 2.15. The molecule has 3 aromatic rings. The van der Waals surface area contributed by atoms with E-state index in [0.29, 0.717) is 31.0 Å². The van der Waals surface area contributed by atoms with E-state index in [-0.39, 0.29) is 12.5 Å². The van der Waals surface area contributed by atoms with Crippen molar-refractivity contribution in [3.63, 3.8) is 0 Å². The lowest BCUT2D eigenvalue weighted by Crippen LogP contribution is -2.15. The highest BCUT2D eigenvalue weighted by Crippen LogP contribution is 2.28. The first-order valence-corrected chi connectivity index (χ1v) is 11.2. The average Bonchev–Trinajstić information content (AvgIpc) is 3.20. The zero-order valence-corrected chi connectivity index (χ0v) is 20.5. The van der Waals surface area contributed by atoms with Gasteiger partial charge < -0.3 is 24.6 Å². The SMILES string of the molecule is CCOC(=O)Cn1nc(-c2ccc(OCCCN(C)C)cc2)c2cccnc21.O=C(O)/C=C\C(=O)O. The molecular formula is C25H30N4O7. The monoisotopic (exact) mass is 498 g/mol. The van der Waals surface area contributed by atoms with Gasteiger partial charge in [-0.05, 0) is 63.8 Å². The summed E-state index contributed by atoms with van der Waals surface area (Å²) in [6.07, 6.45) is 3.79. The molecule has 36 heavy (non-hydrogen) atoms. The van der Waals surface area contributed by atoms with E-state index in [1.54, 1.807) is 17.8 Å². The number of carbonyl (C=O) groups is 3. The predicted molar refractivity (Wildman–Crippen MR) is 133 cm³/mol. The molecule has 0 saturated heterocycles. The van der Waals surface area contributed by atoms with Crippen LogP contribution in [0.5, 0.6) is 5.75 Å². The maximum Gasteiger partial charge on any atom is 0.328 e. The Balaban J connectivity index is 0.000000493. The van der Waals surface area contributed by atoms with Gasteiger partial charge in [0.1, 0.15) is 18.0 Å². The summed E-state index contributed by atoms with van der Waals surface area (Å²) in [5.41, 5.74) is 2.39. The molecule has 0 aliphatic carbocycles. The van der Waals surface area contributed by atoms with Crippen molar-refractivity contribution in [3.8, 4) is 17.0 Å². The van der Waals surface area contributed by atoms with Crippen LogP contribution in [0.2, 0.25) is 0 Å². The van der Waals surface area contributed by atoms with E-state index in [1.165, 1.54) is 0 Å². The number of aromatic nitrogens is 3. The lowest BCUT2D eigenvalue weighted by Gasteiger charge is -2.10. The molecule has 11 nitrogen and oxygen atoms in total. The van der Waals surface area contributed by atoms with Crippen molar-refractivity contribution in [3.05, 3.63) is 54.7 Å². The van der Waals surface area contributed by atoms with Gasteiger partial charge in [-0.2, -0.15) is 5.10 Å². The number of esters is 1. The second kappa shape index (κ2) is 14.2. The Hall–Kier alpha value is -4.25. The molecule has 0 bridgehead atoms. The zero-order valence-electron chi connectivity index (χ0n) is 20.5. The van der Waals surface area contributed by atoms with Gasteiger partial charge in [-0.1, -0.05) is 0 Å². The number of carbonyl (C=O) groups excluding carboxylic acids is 1. The van der Waals surface area contributed by atoms with Crippen LogP contribution in [0.25, 0.3) is 22.3 Å². The molecule has 3 rings (SSSR count). The molecule has 0 aliphatic rings. The van der Waals surface area contributed by atoms with Crippen molar-refractivity contribution in [1.82, 2.24) is 19.7 Å². The molecule has 0 aliphatic heterocycles. The van der Waals surface area contributed by atoms with Crippen LogP contribution < -0.4 is 4.74 Å². The largest absolute Gasteiger partial charge is 0.494 e. The molecule has 192 valence electrons. The number of hydrogen-bond acceptors (Lipinski definition) is 8. The van der Waals surface area contributed by atoms with Crippen molar-refractivity contribution in [1.29, 1.82) is 0 Å². The first-order valence-electron chi connectivity index (χ1n) is 11.2. The molecule has 2 heterocycles. The maximum absolute atomic E-state index is 11.9. The van der Waals surface area contributed by atoms with Gasteiger partial charge in [0.25, 0.3) is 0 Å². The lowest BCUT2D eigenvalue weighted by molar-refractivity contribution is -0.144. The van der Waals surface area contributed by atoms with Gasteiger partial charge in [0.2, 0.25) is 0 Å². The number of fused-ring (bicyclic) bond motifs is 1. The summed E-state index contributed by atoms with van der Waals surface area (Å²) in [5.74, 6) is -2.01. The highest BCUT2D eigenvalue weighted by molar-refractivity contribution is 5.92. The summed E-state index contributed by atoms with van der Waals surface area (Å²) in [6.45, 7) is 3.84. The minimum atomic E-state index is -1.26. The van der Waals surface area contributed by atoms with Crippen molar-refractivity contribution >= 4 is 28.9 Å². The Kier molecular flexibility index (Phi) is 11.1. The molecule has 2 aromatic heterocycles. The van der Waals surface area contributed by atoms with Gasteiger partial charge in [-0.25, -0.2) is 19.3 Å². The van der Waals surface area contributed by atoms with Gasteiger partial charge in [-0.3, -0.25) is 4.79 Å². The Morgan fingerprint density at radius 3 is 2.31 bits per heavy atom. The van der Waals surface area contributed by atoms with Crippen LogP contribution >= 0.6 is 0 Å². The van der Waals surface area contributed by atoms with E-state index in [1.807, 2.05) is 36.4 Å². The topological polar surface area (TPSA) is 144 Å². The quantitative estimate of drug-likeness (QED) is 0.230. The lowest BCUT2D eigenvalue weighted by atomic mass is 10.1. The number of nitrogens with zero attached hydrogens (tertiary/aromatic N) is 4. The van der Waals surface area contributed by atoms with Crippen LogP contribution in [-0.2, 0) is 25.7 Å². The summed E-state index contributed by atoms with van der Waals surface area (Å²) >= 11 is 0. The van der Waals surface area contributed by atoms with Crippen molar-refractivity contribution in [2.75, 3.05) is 33.9 Å². The first kappa shape index (κ1) is 28.0. The van der Waals surface area contributed by atoms with E-state index in [4.69, 9.17) is 19.7 Å². The first-order chi connectivity index (χ1) is 17.2. The molecule has 0 radical (unpaired) electrons. The van der Waals surface area contributed by atoms with Crippen LogP contribution in [0.1, 0.15) is 13.3 Å². The summed E-state index contributed by atoms with van der Waals surface area (Å²) in [4.78, 5) is 37.5. The Morgan fingerprint density at radius 1 is 1.06 bits per heavy atom. The van der Waals surface area contributed by atoms with Gasteiger partial charge in [-0.15, -0.1) is 0 Å². The van der Waals surface area contributed by atoms with E-state index in [0.717, 1.165) is 35.4 Å².